The van der Waals surface area contributed by atoms with Crippen LogP contribution >= 0.6 is 23.2 Å². The molecule has 0 aromatic heterocycles. The Labute approximate surface area is 126 Å². The van der Waals surface area contributed by atoms with E-state index in [4.69, 9.17) is 29.0 Å². The number of nitrogens with two attached hydrogens (primary N) is 1. The van der Waals surface area contributed by atoms with Crippen LogP contribution in [0.15, 0.2) is 36.4 Å². The number of benzene rings is 2. The average Bonchev–Trinajstić information content (AvgIpc) is 2.43. The number of para-hydroxylation sites is 1. The van der Waals surface area contributed by atoms with Crippen LogP contribution in [0.5, 0.6) is 0 Å². The molecule has 0 heterocycles. The Morgan fingerprint density at radius 3 is 2.40 bits per heavy atom. The lowest BCUT2D eigenvalue weighted by atomic mass is 10.1. The smallest absolute Gasteiger partial charge is 0.255 e. The maximum Gasteiger partial charge on any atom is 0.255 e. The van der Waals surface area contributed by atoms with Crippen molar-refractivity contribution in [3.05, 3.63) is 57.6 Å². The summed E-state index contributed by atoms with van der Waals surface area (Å²) in [4.78, 5) is 12.2. The predicted octanol–water partition coefficient (Wildman–Crippen LogP) is 3.84. The van der Waals surface area contributed by atoms with Gasteiger partial charge in [-0.15, -0.1) is 0 Å². The first-order valence-corrected chi connectivity index (χ1v) is 6.61. The van der Waals surface area contributed by atoms with Gasteiger partial charge in [0.25, 0.3) is 5.91 Å². The summed E-state index contributed by atoms with van der Waals surface area (Å²) in [5.74, 6) is 5.09. The molecule has 0 fully saturated rings. The molecule has 4 nitrogen and oxygen atoms in total. The van der Waals surface area contributed by atoms with Crippen LogP contribution in [-0.4, -0.2) is 5.91 Å². The van der Waals surface area contributed by atoms with Gasteiger partial charge in [0.15, 0.2) is 0 Å². The lowest BCUT2D eigenvalue weighted by Crippen LogP contribution is -2.14. The number of rotatable bonds is 3. The number of hydrogen-bond acceptors (Lipinski definition) is 3. The highest BCUT2D eigenvalue weighted by atomic mass is 35.5. The minimum absolute atomic E-state index is 0.309. The second-order valence-corrected chi connectivity index (χ2v) is 5.04. The van der Waals surface area contributed by atoms with E-state index in [1.807, 2.05) is 6.92 Å². The summed E-state index contributed by atoms with van der Waals surface area (Å²) in [6.07, 6.45) is 0. The van der Waals surface area contributed by atoms with E-state index in [1.165, 1.54) is 0 Å². The van der Waals surface area contributed by atoms with Crippen molar-refractivity contribution in [2.75, 3.05) is 10.7 Å². The third-order valence-corrected chi connectivity index (χ3v) is 3.49. The average molecular weight is 310 g/mol. The normalized spacial score (nSPS) is 10.2. The summed E-state index contributed by atoms with van der Waals surface area (Å²) in [5, 5.41) is 3.46. The zero-order valence-corrected chi connectivity index (χ0v) is 12.2. The minimum atomic E-state index is -0.309. The van der Waals surface area contributed by atoms with Gasteiger partial charge in [-0.2, -0.15) is 0 Å². The highest BCUT2D eigenvalue weighted by molar-refractivity contribution is 6.40. The van der Waals surface area contributed by atoms with Crippen LogP contribution in [0.2, 0.25) is 10.0 Å². The molecule has 0 aliphatic rings. The van der Waals surface area contributed by atoms with Gasteiger partial charge in [0.1, 0.15) is 0 Å². The molecule has 2 rings (SSSR count). The molecule has 104 valence electrons. The SMILES string of the molecule is Cc1ccc(C(=O)Nc2c(Cl)cccc2Cl)cc1NN. The zero-order chi connectivity index (χ0) is 14.7. The Hall–Kier alpha value is -1.75. The van der Waals surface area contributed by atoms with Gasteiger partial charge in [0.2, 0.25) is 0 Å². The molecule has 0 spiro atoms. The topological polar surface area (TPSA) is 67.2 Å². The first-order valence-electron chi connectivity index (χ1n) is 5.85. The van der Waals surface area contributed by atoms with Crippen LogP contribution in [0.1, 0.15) is 15.9 Å². The lowest BCUT2D eigenvalue weighted by Gasteiger charge is -2.11. The predicted molar refractivity (Wildman–Crippen MR) is 83.4 cm³/mol. The van der Waals surface area contributed by atoms with E-state index in [0.29, 0.717) is 27.0 Å². The van der Waals surface area contributed by atoms with E-state index >= 15 is 0 Å². The quantitative estimate of drug-likeness (QED) is 0.596. The fourth-order valence-electron chi connectivity index (χ4n) is 1.72. The first kappa shape index (κ1) is 14.7. The third-order valence-electron chi connectivity index (χ3n) is 2.86. The summed E-state index contributed by atoms with van der Waals surface area (Å²) in [7, 11) is 0. The summed E-state index contributed by atoms with van der Waals surface area (Å²) >= 11 is 12.0. The van der Waals surface area contributed by atoms with Crippen LogP contribution in [-0.2, 0) is 0 Å². The van der Waals surface area contributed by atoms with Crippen molar-refractivity contribution in [3.8, 4) is 0 Å². The van der Waals surface area contributed by atoms with E-state index in [0.717, 1.165) is 5.56 Å². The first-order chi connectivity index (χ1) is 9.52. The molecule has 0 saturated carbocycles. The molecule has 0 radical (unpaired) electrons. The highest BCUT2D eigenvalue weighted by Crippen LogP contribution is 2.30. The highest BCUT2D eigenvalue weighted by Gasteiger charge is 2.12. The number of aryl methyl sites for hydroxylation is 1. The summed E-state index contributed by atoms with van der Waals surface area (Å²) in [6, 6.07) is 10.2. The Bertz CT molecular complexity index is 639. The number of amides is 1. The number of carbonyl (C=O) groups excluding carboxylic acids is 1. The van der Waals surface area contributed by atoms with Crippen LogP contribution < -0.4 is 16.6 Å². The largest absolute Gasteiger partial charge is 0.324 e. The van der Waals surface area contributed by atoms with Gasteiger partial charge < -0.3 is 10.7 Å². The molecular weight excluding hydrogens is 297 g/mol. The zero-order valence-electron chi connectivity index (χ0n) is 10.7. The van der Waals surface area contributed by atoms with E-state index in [1.54, 1.807) is 36.4 Å². The standard InChI is InChI=1S/C14H13Cl2N3O/c1-8-5-6-9(7-12(8)19-17)14(20)18-13-10(15)3-2-4-11(13)16/h2-7,19H,17H2,1H3,(H,18,20). The molecule has 6 heteroatoms. The number of nitrogen functional groups attached to an aromatic ring is 1. The summed E-state index contributed by atoms with van der Waals surface area (Å²) < 4.78 is 0. The van der Waals surface area contributed by atoms with Gasteiger partial charge in [-0.05, 0) is 36.8 Å². The molecule has 20 heavy (non-hydrogen) atoms. The molecule has 2 aromatic rings. The van der Waals surface area contributed by atoms with E-state index in [9.17, 15) is 4.79 Å². The fraction of sp³-hybridized carbons (Fsp3) is 0.0714. The van der Waals surface area contributed by atoms with Crippen molar-refractivity contribution < 1.29 is 4.79 Å². The molecule has 2 aromatic carbocycles. The Balaban J connectivity index is 2.29. The van der Waals surface area contributed by atoms with Gasteiger partial charge in [-0.25, -0.2) is 0 Å². The van der Waals surface area contributed by atoms with E-state index in [-0.39, 0.29) is 5.91 Å². The Morgan fingerprint density at radius 2 is 1.80 bits per heavy atom. The lowest BCUT2D eigenvalue weighted by molar-refractivity contribution is 0.102. The van der Waals surface area contributed by atoms with Crippen molar-refractivity contribution in [2.24, 2.45) is 5.84 Å². The van der Waals surface area contributed by atoms with Crippen LogP contribution in [0, 0.1) is 6.92 Å². The van der Waals surface area contributed by atoms with Crippen molar-refractivity contribution in [1.29, 1.82) is 0 Å². The van der Waals surface area contributed by atoms with Gasteiger partial charge >= 0.3 is 0 Å². The molecule has 1 amide bonds. The maximum atomic E-state index is 12.2. The number of anilines is 2. The summed E-state index contributed by atoms with van der Waals surface area (Å²) in [5.41, 5.74) is 5.02. The molecular formula is C14H13Cl2N3O. The second-order valence-electron chi connectivity index (χ2n) is 4.22. The second kappa shape index (κ2) is 6.13. The molecule has 4 N–H and O–H groups in total. The van der Waals surface area contributed by atoms with Crippen molar-refractivity contribution >= 4 is 40.5 Å². The molecule has 0 bridgehead atoms. The van der Waals surface area contributed by atoms with Gasteiger partial charge in [0, 0.05) is 5.56 Å². The number of hydrazine groups is 1. The maximum absolute atomic E-state index is 12.2. The van der Waals surface area contributed by atoms with Gasteiger partial charge in [-0.3, -0.25) is 10.6 Å². The van der Waals surface area contributed by atoms with E-state index in [2.05, 4.69) is 10.7 Å². The van der Waals surface area contributed by atoms with Crippen LogP contribution in [0.4, 0.5) is 11.4 Å². The number of nitrogens with one attached hydrogen (secondary N) is 2. The van der Waals surface area contributed by atoms with Crippen LogP contribution in [0.25, 0.3) is 0 Å². The molecule has 0 saturated heterocycles. The Kier molecular flexibility index (Phi) is 4.49. The van der Waals surface area contributed by atoms with Gasteiger partial charge in [-0.1, -0.05) is 35.3 Å². The molecule has 0 aliphatic heterocycles. The molecule has 0 atom stereocenters. The van der Waals surface area contributed by atoms with Gasteiger partial charge in [0.05, 0.1) is 21.4 Å². The fourth-order valence-corrected chi connectivity index (χ4v) is 2.21. The monoisotopic (exact) mass is 309 g/mol. The van der Waals surface area contributed by atoms with Crippen molar-refractivity contribution in [1.82, 2.24) is 0 Å². The minimum Gasteiger partial charge on any atom is -0.324 e. The van der Waals surface area contributed by atoms with Crippen molar-refractivity contribution in [3.63, 3.8) is 0 Å². The third kappa shape index (κ3) is 3.04. The summed E-state index contributed by atoms with van der Waals surface area (Å²) in [6.45, 7) is 1.89. The number of carbonyl (C=O) groups is 1. The van der Waals surface area contributed by atoms with E-state index < -0.39 is 0 Å². The van der Waals surface area contributed by atoms with Crippen molar-refractivity contribution in [2.45, 2.75) is 6.92 Å². The molecule has 0 unspecified atom stereocenters. The molecule has 0 aliphatic carbocycles. The van der Waals surface area contributed by atoms with Crippen LogP contribution in [0.3, 0.4) is 0 Å². The Morgan fingerprint density at radius 1 is 1.15 bits per heavy atom. The number of halogens is 2. The number of hydrogen-bond donors (Lipinski definition) is 3.